The van der Waals surface area contributed by atoms with Crippen LogP contribution < -0.4 is 16.6 Å². The molecule has 0 atom stereocenters. The van der Waals surface area contributed by atoms with Crippen molar-refractivity contribution in [2.24, 2.45) is 0 Å². The maximum absolute atomic E-state index is 11.3. The van der Waals surface area contributed by atoms with E-state index in [1.807, 2.05) is 6.07 Å². The normalized spacial score (nSPS) is 11.3. The van der Waals surface area contributed by atoms with E-state index in [1.54, 1.807) is 36.5 Å². The van der Waals surface area contributed by atoms with Gasteiger partial charge in [-0.25, -0.2) is 4.98 Å². The molecule has 0 radical (unpaired) electrons. The van der Waals surface area contributed by atoms with Crippen molar-refractivity contribution in [2.75, 3.05) is 16.6 Å². The molecule has 0 aliphatic carbocycles. The molecule has 0 unspecified atom stereocenters. The highest BCUT2D eigenvalue weighted by atomic mass is 32.2. The highest BCUT2D eigenvalue weighted by Gasteiger charge is 2.12. The summed E-state index contributed by atoms with van der Waals surface area (Å²) >= 11 is 0. The number of aromatic nitrogens is 1. The van der Waals surface area contributed by atoms with Crippen molar-refractivity contribution in [1.82, 2.24) is 4.98 Å². The second-order valence-corrected chi connectivity index (χ2v) is 6.27. The summed E-state index contributed by atoms with van der Waals surface area (Å²) in [6.07, 6.45) is 1.66. The second kappa shape index (κ2) is 5.75. The van der Waals surface area contributed by atoms with Gasteiger partial charge in [-0.15, -0.1) is 0 Å². The zero-order valence-electron chi connectivity index (χ0n) is 11.9. The molecule has 0 aliphatic heterocycles. The third kappa shape index (κ3) is 3.17. The molecular weight excluding hydrogens is 316 g/mol. The van der Waals surface area contributed by atoms with Gasteiger partial charge in [-0.3, -0.25) is 15.4 Å². The molecule has 5 N–H and O–H groups in total. The van der Waals surface area contributed by atoms with Gasteiger partial charge in [-0.05, 0) is 36.4 Å². The molecular formula is C15H14N4O3S. The molecule has 118 valence electrons. The van der Waals surface area contributed by atoms with Gasteiger partial charge in [0, 0.05) is 22.7 Å². The number of nitrogens with zero attached hydrogens (tertiary/aromatic N) is 1. The molecule has 7 nitrogen and oxygen atoms in total. The highest BCUT2D eigenvalue weighted by molar-refractivity contribution is 7.85. The van der Waals surface area contributed by atoms with Gasteiger partial charge in [-0.1, -0.05) is 12.1 Å². The van der Waals surface area contributed by atoms with Gasteiger partial charge in [0.1, 0.15) is 5.82 Å². The predicted octanol–water partition coefficient (Wildman–Crippen LogP) is 2.50. The minimum atomic E-state index is -4.28. The summed E-state index contributed by atoms with van der Waals surface area (Å²) in [6, 6.07) is 13.1. The van der Waals surface area contributed by atoms with Crippen LogP contribution in [0.25, 0.3) is 10.8 Å². The van der Waals surface area contributed by atoms with Crippen LogP contribution in [0.15, 0.2) is 59.6 Å². The highest BCUT2D eigenvalue weighted by Crippen LogP contribution is 2.30. The average Bonchev–Trinajstić information content (AvgIpc) is 2.54. The number of fused-ring (bicyclic) bond motifs is 1. The molecule has 0 saturated heterocycles. The zero-order valence-corrected chi connectivity index (χ0v) is 12.7. The lowest BCUT2D eigenvalue weighted by atomic mass is 10.1. The molecule has 0 spiro atoms. The molecule has 1 heterocycles. The SMILES string of the molecule is Nc1ccc(NNc2ccccn2)c2ccc(S(=O)(=O)O)cc12. The number of pyridine rings is 1. The van der Waals surface area contributed by atoms with Crippen LogP contribution in [0.1, 0.15) is 0 Å². The molecule has 0 saturated carbocycles. The summed E-state index contributed by atoms with van der Waals surface area (Å²) < 4.78 is 31.7. The zero-order chi connectivity index (χ0) is 16.4. The molecule has 0 bridgehead atoms. The standard InChI is InChI=1S/C15H14N4O3S/c16-13-6-7-14(18-19-15-3-1-2-8-17-15)11-5-4-10(9-12(11)13)23(20,21)22/h1-9,18H,16H2,(H,17,19)(H,20,21,22). The van der Waals surface area contributed by atoms with E-state index in [4.69, 9.17) is 10.3 Å². The van der Waals surface area contributed by atoms with Crippen LogP contribution in [0.2, 0.25) is 0 Å². The van der Waals surface area contributed by atoms with E-state index in [2.05, 4.69) is 15.8 Å². The van der Waals surface area contributed by atoms with Crippen molar-refractivity contribution in [3.8, 4) is 0 Å². The number of hydrazine groups is 1. The Morgan fingerprint density at radius 2 is 1.83 bits per heavy atom. The van der Waals surface area contributed by atoms with E-state index < -0.39 is 10.1 Å². The minimum Gasteiger partial charge on any atom is -0.398 e. The van der Waals surface area contributed by atoms with Crippen LogP contribution in [0.3, 0.4) is 0 Å². The first-order chi connectivity index (χ1) is 10.9. The van der Waals surface area contributed by atoms with Gasteiger partial charge < -0.3 is 5.73 Å². The molecule has 2 aromatic carbocycles. The Kier molecular flexibility index (Phi) is 3.77. The fraction of sp³-hybridized carbons (Fsp3) is 0. The second-order valence-electron chi connectivity index (χ2n) is 4.85. The first-order valence-electron chi connectivity index (χ1n) is 6.68. The Morgan fingerprint density at radius 1 is 1.00 bits per heavy atom. The molecule has 3 rings (SSSR count). The lowest BCUT2D eigenvalue weighted by Gasteiger charge is -2.13. The van der Waals surface area contributed by atoms with Gasteiger partial charge in [-0.2, -0.15) is 8.42 Å². The first-order valence-corrected chi connectivity index (χ1v) is 8.12. The smallest absolute Gasteiger partial charge is 0.294 e. The van der Waals surface area contributed by atoms with Crippen LogP contribution in [0, 0.1) is 0 Å². The van der Waals surface area contributed by atoms with E-state index in [0.29, 0.717) is 28.0 Å². The van der Waals surface area contributed by atoms with Crippen molar-refractivity contribution < 1.29 is 13.0 Å². The number of anilines is 3. The van der Waals surface area contributed by atoms with Crippen LogP contribution in [0.5, 0.6) is 0 Å². The van der Waals surface area contributed by atoms with Gasteiger partial charge in [0.05, 0.1) is 10.6 Å². The monoisotopic (exact) mass is 330 g/mol. The van der Waals surface area contributed by atoms with E-state index >= 15 is 0 Å². The number of hydrogen-bond acceptors (Lipinski definition) is 6. The fourth-order valence-electron chi connectivity index (χ4n) is 2.19. The van der Waals surface area contributed by atoms with E-state index in [1.165, 1.54) is 12.1 Å². The minimum absolute atomic E-state index is 0.202. The topological polar surface area (TPSA) is 117 Å². The molecule has 1 aromatic heterocycles. The summed E-state index contributed by atoms with van der Waals surface area (Å²) in [7, 11) is -4.28. The number of nitrogen functional groups attached to an aromatic ring is 1. The Morgan fingerprint density at radius 3 is 2.52 bits per heavy atom. The van der Waals surface area contributed by atoms with Crippen molar-refractivity contribution in [1.29, 1.82) is 0 Å². The Bertz CT molecular complexity index is 959. The summed E-state index contributed by atoms with van der Waals surface area (Å²) in [4.78, 5) is 3.92. The molecule has 0 fully saturated rings. The summed E-state index contributed by atoms with van der Waals surface area (Å²) in [5.74, 6) is 0.632. The third-order valence-corrected chi connectivity index (χ3v) is 4.16. The van der Waals surface area contributed by atoms with Crippen molar-refractivity contribution in [3.63, 3.8) is 0 Å². The van der Waals surface area contributed by atoms with E-state index in [0.717, 1.165) is 0 Å². The third-order valence-electron chi connectivity index (χ3n) is 3.31. The predicted molar refractivity (Wildman–Crippen MR) is 89.7 cm³/mol. The van der Waals surface area contributed by atoms with Crippen LogP contribution >= 0.6 is 0 Å². The molecule has 3 aromatic rings. The summed E-state index contributed by atoms with van der Waals surface area (Å²) in [5, 5.41) is 1.23. The van der Waals surface area contributed by atoms with E-state index in [-0.39, 0.29) is 4.90 Å². The molecule has 8 heteroatoms. The van der Waals surface area contributed by atoms with Crippen molar-refractivity contribution in [2.45, 2.75) is 4.90 Å². The number of benzene rings is 2. The Balaban J connectivity index is 2.00. The molecule has 0 aliphatic rings. The first kappa shape index (κ1) is 15.1. The quantitative estimate of drug-likeness (QED) is 0.330. The number of hydrogen-bond donors (Lipinski definition) is 4. The van der Waals surface area contributed by atoms with Gasteiger partial charge in [0.25, 0.3) is 10.1 Å². The van der Waals surface area contributed by atoms with Crippen molar-refractivity contribution in [3.05, 3.63) is 54.7 Å². The van der Waals surface area contributed by atoms with Crippen molar-refractivity contribution >= 4 is 38.1 Å². The maximum atomic E-state index is 11.3. The number of rotatable bonds is 4. The largest absolute Gasteiger partial charge is 0.398 e. The van der Waals surface area contributed by atoms with Gasteiger partial charge >= 0.3 is 0 Å². The lowest BCUT2D eigenvalue weighted by molar-refractivity contribution is 0.483. The number of nitrogens with one attached hydrogen (secondary N) is 2. The molecule has 23 heavy (non-hydrogen) atoms. The maximum Gasteiger partial charge on any atom is 0.294 e. The van der Waals surface area contributed by atoms with Crippen LogP contribution in [-0.2, 0) is 10.1 Å². The number of nitrogens with two attached hydrogens (primary N) is 1. The van der Waals surface area contributed by atoms with E-state index in [9.17, 15) is 8.42 Å². The molecule has 0 amide bonds. The van der Waals surface area contributed by atoms with Crippen LogP contribution in [-0.4, -0.2) is 18.0 Å². The van der Waals surface area contributed by atoms with Gasteiger partial charge in [0.2, 0.25) is 0 Å². The lowest BCUT2D eigenvalue weighted by Crippen LogP contribution is -2.10. The summed E-state index contributed by atoms with van der Waals surface area (Å²) in [6.45, 7) is 0. The Hall–Kier alpha value is -2.84. The van der Waals surface area contributed by atoms with Crippen LogP contribution in [0.4, 0.5) is 17.2 Å². The fourth-order valence-corrected chi connectivity index (χ4v) is 2.69. The average molecular weight is 330 g/mol. The summed E-state index contributed by atoms with van der Waals surface area (Å²) in [5.41, 5.74) is 13.0. The Labute approximate surface area is 132 Å². The van der Waals surface area contributed by atoms with Gasteiger partial charge in [0.15, 0.2) is 0 Å².